The zero-order chi connectivity index (χ0) is 12.0. The minimum atomic E-state index is -0.0639. The molecule has 0 bridgehead atoms. The molecule has 0 aromatic carbocycles. The molecule has 1 aliphatic heterocycles. The van der Waals surface area contributed by atoms with Gasteiger partial charge in [0.15, 0.2) is 0 Å². The maximum absolute atomic E-state index is 11.3. The third kappa shape index (κ3) is 4.97. The molecule has 3 nitrogen and oxygen atoms in total. The van der Waals surface area contributed by atoms with Gasteiger partial charge >= 0.3 is 5.97 Å². The number of carbonyl (C=O) groups excluding carboxylic acids is 1. The summed E-state index contributed by atoms with van der Waals surface area (Å²) < 4.78 is 4.94. The van der Waals surface area contributed by atoms with Gasteiger partial charge in [-0.05, 0) is 44.7 Å². The Morgan fingerprint density at radius 3 is 2.75 bits per heavy atom. The average Bonchev–Trinajstić information content (AvgIpc) is 2.37. The lowest BCUT2D eigenvalue weighted by Gasteiger charge is -2.23. The van der Waals surface area contributed by atoms with Gasteiger partial charge in [-0.1, -0.05) is 13.8 Å². The van der Waals surface area contributed by atoms with Gasteiger partial charge in [0.1, 0.15) is 0 Å². The molecule has 0 aliphatic carbocycles. The highest BCUT2D eigenvalue weighted by atomic mass is 16.5. The van der Waals surface area contributed by atoms with Crippen LogP contribution < -0.4 is 0 Å². The fourth-order valence-electron chi connectivity index (χ4n) is 2.18. The third-order valence-electron chi connectivity index (χ3n) is 3.37. The van der Waals surface area contributed by atoms with Crippen molar-refractivity contribution in [2.75, 3.05) is 26.2 Å². The Morgan fingerprint density at radius 2 is 2.06 bits per heavy atom. The van der Waals surface area contributed by atoms with Crippen LogP contribution in [0.25, 0.3) is 0 Å². The quantitative estimate of drug-likeness (QED) is 0.691. The van der Waals surface area contributed by atoms with Crippen molar-refractivity contribution in [2.24, 2.45) is 5.41 Å². The lowest BCUT2D eigenvalue weighted by molar-refractivity contribution is -0.143. The predicted molar refractivity (Wildman–Crippen MR) is 65.3 cm³/mol. The number of hydrogen-bond donors (Lipinski definition) is 0. The van der Waals surface area contributed by atoms with Crippen molar-refractivity contribution in [2.45, 2.75) is 46.5 Å². The smallest absolute Gasteiger partial charge is 0.307 e. The molecule has 1 saturated heterocycles. The Bertz CT molecular complexity index is 226. The van der Waals surface area contributed by atoms with Gasteiger partial charge in [0.2, 0.25) is 0 Å². The second-order valence-electron chi connectivity index (χ2n) is 5.41. The molecule has 0 aromatic heterocycles. The number of esters is 1. The van der Waals surface area contributed by atoms with Gasteiger partial charge in [-0.25, -0.2) is 0 Å². The SMILES string of the molecule is CCOC(=O)CCN1CCCC(C)(C)CC1. The molecule has 0 N–H and O–H groups in total. The Balaban J connectivity index is 2.25. The molecular formula is C13H25NO2. The molecule has 0 radical (unpaired) electrons. The summed E-state index contributed by atoms with van der Waals surface area (Å²) in [7, 11) is 0. The van der Waals surface area contributed by atoms with E-state index in [1.54, 1.807) is 0 Å². The molecule has 0 unspecified atom stereocenters. The van der Waals surface area contributed by atoms with Crippen LogP contribution in [-0.2, 0) is 9.53 Å². The minimum absolute atomic E-state index is 0.0639. The first-order chi connectivity index (χ1) is 7.53. The van der Waals surface area contributed by atoms with Crippen LogP contribution in [0.1, 0.15) is 46.5 Å². The number of carbonyl (C=O) groups is 1. The Morgan fingerprint density at radius 1 is 1.31 bits per heavy atom. The summed E-state index contributed by atoms with van der Waals surface area (Å²) in [6, 6.07) is 0. The monoisotopic (exact) mass is 227 g/mol. The molecule has 0 aromatic rings. The van der Waals surface area contributed by atoms with Gasteiger partial charge in [0.25, 0.3) is 0 Å². The fourth-order valence-corrected chi connectivity index (χ4v) is 2.18. The van der Waals surface area contributed by atoms with Crippen molar-refractivity contribution in [1.29, 1.82) is 0 Å². The van der Waals surface area contributed by atoms with Crippen LogP contribution in [0.2, 0.25) is 0 Å². The standard InChI is InChI=1S/C13H25NO2/c1-4-16-12(15)6-10-14-9-5-7-13(2,3)8-11-14/h4-11H2,1-3H3. The van der Waals surface area contributed by atoms with E-state index < -0.39 is 0 Å². The highest BCUT2D eigenvalue weighted by Crippen LogP contribution is 2.29. The Labute approximate surface area is 99.1 Å². The van der Waals surface area contributed by atoms with E-state index in [4.69, 9.17) is 4.74 Å². The first-order valence-corrected chi connectivity index (χ1v) is 6.41. The van der Waals surface area contributed by atoms with Crippen molar-refractivity contribution in [3.63, 3.8) is 0 Å². The molecule has 1 heterocycles. The van der Waals surface area contributed by atoms with Gasteiger partial charge in [-0.3, -0.25) is 4.79 Å². The van der Waals surface area contributed by atoms with Gasteiger partial charge < -0.3 is 9.64 Å². The molecule has 1 fully saturated rings. The number of rotatable bonds is 4. The first-order valence-electron chi connectivity index (χ1n) is 6.41. The average molecular weight is 227 g/mol. The van der Waals surface area contributed by atoms with Crippen LogP contribution in [0.4, 0.5) is 0 Å². The molecule has 16 heavy (non-hydrogen) atoms. The third-order valence-corrected chi connectivity index (χ3v) is 3.37. The zero-order valence-electron chi connectivity index (χ0n) is 10.9. The largest absolute Gasteiger partial charge is 0.466 e. The topological polar surface area (TPSA) is 29.5 Å². The lowest BCUT2D eigenvalue weighted by atomic mass is 9.85. The van der Waals surface area contributed by atoms with E-state index in [1.807, 2.05) is 6.92 Å². The molecule has 1 rings (SSSR count). The lowest BCUT2D eigenvalue weighted by Crippen LogP contribution is -2.28. The summed E-state index contributed by atoms with van der Waals surface area (Å²) in [4.78, 5) is 13.6. The number of hydrogen-bond acceptors (Lipinski definition) is 3. The van der Waals surface area contributed by atoms with Crippen LogP contribution in [0.5, 0.6) is 0 Å². The van der Waals surface area contributed by atoms with Gasteiger partial charge in [0.05, 0.1) is 13.0 Å². The maximum atomic E-state index is 11.3. The van der Waals surface area contributed by atoms with Crippen LogP contribution in [0.15, 0.2) is 0 Å². The van der Waals surface area contributed by atoms with E-state index in [0.717, 1.165) is 19.6 Å². The van der Waals surface area contributed by atoms with Gasteiger partial charge in [-0.2, -0.15) is 0 Å². The van der Waals surface area contributed by atoms with Crippen molar-refractivity contribution < 1.29 is 9.53 Å². The first kappa shape index (κ1) is 13.5. The maximum Gasteiger partial charge on any atom is 0.307 e. The van der Waals surface area contributed by atoms with Gasteiger partial charge in [0, 0.05) is 6.54 Å². The number of likely N-dealkylation sites (tertiary alicyclic amines) is 1. The highest BCUT2D eigenvalue weighted by Gasteiger charge is 2.23. The van der Waals surface area contributed by atoms with Crippen molar-refractivity contribution in [1.82, 2.24) is 4.90 Å². The number of nitrogens with zero attached hydrogens (tertiary/aromatic N) is 1. The summed E-state index contributed by atoms with van der Waals surface area (Å²) in [5, 5.41) is 0. The summed E-state index contributed by atoms with van der Waals surface area (Å²) in [6.45, 7) is 10.1. The van der Waals surface area contributed by atoms with E-state index in [9.17, 15) is 4.79 Å². The normalized spacial score (nSPS) is 21.4. The van der Waals surface area contributed by atoms with E-state index in [2.05, 4.69) is 18.7 Å². The Hall–Kier alpha value is -0.570. The van der Waals surface area contributed by atoms with Crippen LogP contribution in [-0.4, -0.2) is 37.1 Å². The van der Waals surface area contributed by atoms with Crippen LogP contribution in [0.3, 0.4) is 0 Å². The van der Waals surface area contributed by atoms with Crippen molar-refractivity contribution in [3.05, 3.63) is 0 Å². The summed E-state index contributed by atoms with van der Waals surface area (Å²) in [5.41, 5.74) is 0.471. The molecule has 3 heteroatoms. The molecular weight excluding hydrogens is 202 g/mol. The number of ether oxygens (including phenoxy) is 1. The second kappa shape index (κ2) is 6.24. The summed E-state index contributed by atoms with van der Waals surface area (Å²) >= 11 is 0. The van der Waals surface area contributed by atoms with Crippen LogP contribution in [0, 0.1) is 5.41 Å². The van der Waals surface area contributed by atoms with E-state index in [0.29, 0.717) is 18.4 Å². The summed E-state index contributed by atoms with van der Waals surface area (Å²) in [5.74, 6) is -0.0639. The van der Waals surface area contributed by atoms with Crippen molar-refractivity contribution in [3.8, 4) is 0 Å². The molecule has 0 saturated carbocycles. The molecule has 0 amide bonds. The second-order valence-corrected chi connectivity index (χ2v) is 5.41. The van der Waals surface area contributed by atoms with E-state index in [-0.39, 0.29) is 5.97 Å². The Kier molecular flexibility index (Phi) is 5.26. The van der Waals surface area contributed by atoms with Crippen molar-refractivity contribution >= 4 is 5.97 Å². The molecule has 0 atom stereocenters. The molecule has 0 spiro atoms. The van der Waals surface area contributed by atoms with E-state index in [1.165, 1.54) is 19.3 Å². The predicted octanol–water partition coefficient (Wildman–Crippen LogP) is 2.45. The highest BCUT2D eigenvalue weighted by molar-refractivity contribution is 5.69. The minimum Gasteiger partial charge on any atom is -0.466 e. The summed E-state index contributed by atoms with van der Waals surface area (Å²) in [6.07, 6.45) is 4.31. The van der Waals surface area contributed by atoms with Crippen LogP contribution >= 0.6 is 0 Å². The fraction of sp³-hybridized carbons (Fsp3) is 0.923. The zero-order valence-corrected chi connectivity index (χ0v) is 10.9. The van der Waals surface area contributed by atoms with Gasteiger partial charge in [-0.15, -0.1) is 0 Å². The molecule has 1 aliphatic rings. The molecule has 94 valence electrons. The van der Waals surface area contributed by atoms with E-state index >= 15 is 0 Å².